The predicted octanol–water partition coefficient (Wildman–Crippen LogP) is 0.347. The Balaban J connectivity index is 1.92. The van der Waals surface area contributed by atoms with Crippen molar-refractivity contribution in [3.63, 3.8) is 0 Å². The van der Waals surface area contributed by atoms with Gasteiger partial charge in [0.1, 0.15) is 6.61 Å². The van der Waals surface area contributed by atoms with Crippen LogP contribution in [-0.2, 0) is 4.79 Å². The Labute approximate surface area is 123 Å². The second kappa shape index (κ2) is 6.91. The number of rotatable bonds is 4. The second-order valence-corrected chi connectivity index (χ2v) is 5.01. The molecule has 1 saturated carbocycles. The van der Waals surface area contributed by atoms with Gasteiger partial charge in [-0.15, -0.1) is 0 Å². The average Bonchev–Trinajstić information content (AvgIpc) is 3.27. The van der Waals surface area contributed by atoms with Crippen LogP contribution in [0.15, 0.2) is 18.2 Å². The minimum Gasteiger partial charge on any atom is -0.384 e. The predicted molar refractivity (Wildman–Crippen MR) is 78.6 cm³/mol. The van der Waals surface area contributed by atoms with Crippen molar-refractivity contribution in [2.24, 2.45) is 0 Å². The van der Waals surface area contributed by atoms with Crippen molar-refractivity contribution in [1.29, 1.82) is 0 Å². The number of aliphatic hydroxyl groups excluding tert-OH is 1. The third kappa shape index (κ3) is 4.62. The van der Waals surface area contributed by atoms with Gasteiger partial charge in [0, 0.05) is 17.2 Å². The van der Waals surface area contributed by atoms with Gasteiger partial charge in [0.15, 0.2) is 0 Å². The Morgan fingerprint density at radius 2 is 2.14 bits per heavy atom. The molecular weight excluding hydrogens is 268 g/mol. The molecule has 3 N–H and O–H groups in total. The van der Waals surface area contributed by atoms with Gasteiger partial charge in [-0.05, 0) is 43.5 Å². The monoisotopic (exact) mass is 286 g/mol. The number of aliphatic hydroxyl groups is 1. The molecule has 5 nitrogen and oxygen atoms in total. The molecule has 5 heteroatoms. The largest absolute Gasteiger partial charge is 0.384 e. The van der Waals surface area contributed by atoms with E-state index < -0.39 is 0 Å². The lowest BCUT2D eigenvalue weighted by atomic mass is 10.0. The highest BCUT2D eigenvalue weighted by Crippen LogP contribution is 2.18. The number of hydrogen-bond acceptors (Lipinski definition) is 3. The Morgan fingerprint density at radius 3 is 2.76 bits per heavy atom. The van der Waals surface area contributed by atoms with E-state index in [1.54, 1.807) is 18.2 Å². The first kappa shape index (κ1) is 15.1. The lowest BCUT2D eigenvalue weighted by molar-refractivity contribution is -0.120. The number of hydrogen-bond donors (Lipinski definition) is 3. The molecule has 21 heavy (non-hydrogen) atoms. The molecule has 0 saturated heterocycles. The molecule has 1 aliphatic carbocycles. The van der Waals surface area contributed by atoms with Gasteiger partial charge in [0.2, 0.25) is 5.91 Å². The van der Waals surface area contributed by atoms with Crippen LogP contribution in [0, 0.1) is 18.8 Å². The fourth-order valence-electron chi connectivity index (χ4n) is 1.85. The lowest BCUT2D eigenvalue weighted by Crippen LogP contribution is -2.37. The van der Waals surface area contributed by atoms with Crippen LogP contribution >= 0.6 is 0 Å². The van der Waals surface area contributed by atoms with E-state index >= 15 is 0 Å². The SMILES string of the molecule is Cc1cc(C(=O)NCC(=O)NC2CC2)ccc1C#CCO. The van der Waals surface area contributed by atoms with Crippen molar-refractivity contribution in [1.82, 2.24) is 10.6 Å². The molecule has 0 aromatic heterocycles. The fourth-order valence-corrected chi connectivity index (χ4v) is 1.85. The van der Waals surface area contributed by atoms with Crippen LogP contribution < -0.4 is 10.6 Å². The maximum atomic E-state index is 12.0. The van der Waals surface area contributed by atoms with E-state index in [0.29, 0.717) is 11.6 Å². The first-order valence-electron chi connectivity index (χ1n) is 6.88. The van der Waals surface area contributed by atoms with Crippen LogP contribution in [0.5, 0.6) is 0 Å². The molecule has 0 atom stereocenters. The van der Waals surface area contributed by atoms with Gasteiger partial charge in [0.05, 0.1) is 6.54 Å². The van der Waals surface area contributed by atoms with Crippen LogP contribution in [0.2, 0.25) is 0 Å². The van der Waals surface area contributed by atoms with Gasteiger partial charge >= 0.3 is 0 Å². The minimum absolute atomic E-state index is 0.0134. The quantitative estimate of drug-likeness (QED) is 0.699. The van der Waals surface area contributed by atoms with E-state index in [9.17, 15) is 9.59 Å². The summed E-state index contributed by atoms with van der Waals surface area (Å²) in [5.41, 5.74) is 2.11. The van der Waals surface area contributed by atoms with Crippen molar-refractivity contribution in [3.05, 3.63) is 34.9 Å². The van der Waals surface area contributed by atoms with Gasteiger partial charge in [-0.1, -0.05) is 11.8 Å². The van der Waals surface area contributed by atoms with E-state index in [-0.39, 0.29) is 25.0 Å². The van der Waals surface area contributed by atoms with Crippen molar-refractivity contribution < 1.29 is 14.7 Å². The van der Waals surface area contributed by atoms with Gasteiger partial charge in [-0.2, -0.15) is 0 Å². The molecule has 110 valence electrons. The van der Waals surface area contributed by atoms with Crippen molar-refractivity contribution in [2.75, 3.05) is 13.2 Å². The molecule has 2 amide bonds. The Bertz CT molecular complexity index is 610. The number of carbonyl (C=O) groups is 2. The van der Waals surface area contributed by atoms with Gasteiger partial charge < -0.3 is 15.7 Å². The van der Waals surface area contributed by atoms with E-state index in [1.165, 1.54) is 0 Å². The first-order valence-corrected chi connectivity index (χ1v) is 6.88. The van der Waals surface area contributed by atoms with Crippen LogP contribution in [0.3, 0.4) is 0 Å². The number of amides is 2. The summed E-state index contributed by atoms with van der Waals surface area (Å²) in [5.74, 6) is 4.94. The highest BCUT2D eigenvalue weighted by atomic mass is 16.2. The van der Waals surface area contributed by atoms with Crippen LogP contribution in [0.25, 0.3) is 0 Å². The van der Waals surface area contributed by atoms with Gasteiger partial charge in [-0.25, -0.2) is 0 Å². The van der Waals surface area contributed by atoms with E-state index in [2.05, 4.69) is 22.5 Å². The highest BCUT2D eigenvalue weighted by Gasteiger charge is 2.23. The maximum absolute atomic E-state index is 12.0. The van der Waals surface area contributed by atoms with Crippen LogP contribution in [0.1, 0.15) is 34.3 Å². The third-order valence-electron chi connectivity index (χ3n) is 3.14. The highest BCUT2D eigenvalue weighted by molar-refractivity contribution is 5.96. The summed E-state index contributed by atoms with van der Waals surface area (Å²) in [4.78, 5) is 23.5. The Morgan fingerprint density at radius 1 is 1.38 bits per heavy atom. The summed E-state index contributed by atoms with van der Waals surface area (Å²) >= 11 is 0. The number of benzene rings is 1. The van der Waals surface area contributed by atoms with Crippen LogP contribution in [0.4, 0.5) is 0 Å². The number of nitrogens with one attached hydrogen (secondary N) is 2. The first-order chi connectivity index (χ1) is 10.1. The molecule has 0 unspecified atom stereocenters. The fraction of sp³-hybridized carbons (Fsp3) is 0.375. The Hall–Kier alpha value is -2.32. The molecule has 0 aliphatic heterocycles. The summed E-state index contributed by atoms with van der Waals surface area (Å²) in [6.45, 7) is 1.64. The zero-order chi connectivity index (χ0) is 15.2. The van der Waals surface area contributed by atoms with Gasteiger partial charge in [-0.3, -0.25) is 9.59 Å². The molecule has 1 fully saturated rings. The molecule has 0 heterocycles. The standard InChI is InChI=1S/C16H18N2O3/c1-11-9-13(5-4-12(11)3-2-8-19)16(21)17-10-15(20)18-14-6-7-14/h4-5,9,14,19H,6-8,10H2,1H3,(H,17,21)(H,18,20). The summed E-state index contributed by atoms with van der Waals surface area (Å²) < 4.78 is 0. The van der Waals surface area contributed by atoms with Crippen molar-refractivity contribution >= 4 is 11.8 Å². The molecule has 0 radical (unpaired) electrons. The Kier molecular flexibility index (Phi) is 4.96. The normalized spacial score (nSPS) is 13.0. The second-order valence-electron chi connectivity index (χ2n) is 5.01. The molecule has 1 aromatic carbocycles. The van der Waals surface area contributed by atoms with Gasteiger partial charge in [0.25, 0.3) is 5.91 Å². The van der Waals surface area contributed by atoms with Crippen molar-refractivity contribution in [2.45, 2.75) is 25.8 Å². The number of carbonyl (C=O) groups excluding carboxylic acids is 2. The molecule has 1 aliphatic rings. The topological polar surface area (TPSA) is 78.4 Å². The third-order valence-corrected chi connectivity index (χ3v) is 3.14. The summed E-state index contributed by atoms with van der Waals surface area (Å²) in [7, 11) is 0. The molecule has 2 rings (SSSR count). The molecule has 0 spiro atoms. The molecule has 0 bridgehead atoms. The van der Waals surface area contributed by atoms with E-state index in [1.807, 2.05) is 6.92 Å². The molecule has 1 aromatic rings. The maximum Gasteiger partial charge on any atom is 0.251 e. The van der Waals surface area contributed by atoms with Crippen molar-refractivity contribution in [3.8, 4) is 11.8 Å². The zero-order valence-electron chi connectivity index (χ0n) is 11.9. The summed E-state index contributed by atoms with van der Waals surface area (Å²) in [6, 6.07) is 5.40. The van der Waals surface area contributed by atoms with E-state index in [4.69, 9.17) is 5.11 Å². The number of aryl methyl sites for hydroxylation is 1. The van der Waals surface area contributed by atoms with Crippen LogP contribution in [-0.4, -0.2) is 36.1 Å². The van der Waals surface area contributed by atoms with E-state index in [0.717, 1.165) is 24.0 Å². The summed E-state index contributed by atoms with van der Waals surface area (Å²) in [6.07, 6.45) is 2.05. The smallest absolute Gasteiger partial charge is 0.251 e. The average molecular weight is 286 g/mol. The lowest BCUT2D eigenvalue weighted by Gasteiger charge is -2.07. The minimum atomic E-state index is -0.286. The summed E-state index contributed by atoms with van der Waals surface area (Å²) in [5, 5.41) is 14.1. The zero-order valence-corrected chi connectivity index (χ0v) is 11.9. The molecular formula is C16H18N2O3.